The number of thiophene rings is 1. The van der Waals surface area contributed by atoms with Crippen LogP contribution in [0.15, 0.2) is 34.4 Å². The first-order valence-electron chi connectivity index (χ1n) is 6.82. The molecule has 5 nitrogen and oxygen atoms in total. The summed E-state index contributed by atoms with van der Waals surface area (Å²) in [7, 11) is 2.01. The van der Waals surface area contributed by atoms with Crippen molar-refractivity contribution in [3.63, 3.8) is 0 Å². The Morgan fingerprint density at radius 2 is 2.29 bits per heavy atom. The number of nitrogens with zero attached hydrogens (tertiary/aromatic N) is 3. The Morgan fingerprint density at radius 3 is 2.86 bits per heavy atom. The molecular formula is C15H18N4OS. The van der Waals surface area contributed by atoms with Crippen molar-refractivity contribution in [1.82, 2.24) is 20.0 Å². The number of aryl methyl sites for hydroxylation is 3. The van der Waals surface area contributed by atoms with Gasteiger partial charge in [-0.1, -0.05) is 11.2 Å². The third-order valence-corrected chi connectivity index (χ3v) is 4.55. The molecular weight excluding hydrogens is 284 g/mol. The lowest BCUT2D eigenvalue weighted by Crippen LogP contribution is -2.24. The number of imidazole rings is 1. The Kier molecular flexibility index (Phi) is 3.90. The first-order valence-corrected chi connectivity index (χ1v) is 7.70. The monoisotopic (exact) mass is 302 g/mol. The van der Waals surface area contributed by atoms with Crippen LogP contribution in [-0.2, 0) is 13.6 Å². The summed E-state index contributed by atoms with van der Waals surface area (Å²) in [6.07, 6.45) is 3.79. The molecule has 110 valence electrons. The van der Waals surface area contributed by atoms with E-state index in [2.05, 4.69) is 33.0 Å². The third kappa shape index (κ3) is 2.77. The van der Waals surface area contributed by atoms with E-state index in [0.29, 0.717) is 6.54 Å². The van der Waals surface area contributed by atoms with Crippen molar-refractivity contribution < 1.29 is 4.52 Å². The van der Waals surface area contributed by atoms with Gasteiger partial charge in [-0.3, -0.25) is 5.32 Å². The molecule has 3 aromatic rings. The second kappa shape index (κ2) is 5.83. The van der Waals surface area contributed by atoms with Gasteiger partial charge in [0.05, 0.1) is 5.69 Å². The lowest BCUT2D eigenvalue weighted by atomic mass is 10.1. The minimum absolute atomic E-state index is 0.0682. The van der Waals surface area contributed by atoms with Crippen LogP contribution in [0.2, 0.25) is 0 Å². The average molecular weight is 302 g/mol. The van der Waals surface area contributed by atoms with Gasteiger partial charge in [0.1, 0.15) is 17.6 Å². The molecule has 3 heterocycles. The van der Waals surface area contributed by atoms with Gasteiger partial charge in [0, 0.05) is 36.4 Å². The first kappa shape index (κ1) is 14.0. The highest BCUT2D eigenvalue weighted by Crippen LogP contribution is 2.25. The standard InChI is InChI=1S/C15H18N4OS/c1-10-12(11(2)20-18-10)9-17-14(13-5-4-8-21-13)15-16-6-7-19(15)3/h4-8,14,17H,9H2,1-3H3. The van der Waals surface area contributed by atoms with E-state index in [0.717, 1.165) is 22.8 Å². The Morgan fingerprint density at radius 1 is 1.43 bits per heavy atom. The summed E-state index contributed by atoms with van der Waals surface area (Å²) in [4.78, 5) is 5.73. The maximum atomic E-state index is 5.22. The van der Waals surface area contributed by atoms with E-state index in [1.807, 2.05) is 37.9 Å². The summed E-state index contributed by atoms with van der Waals surface area (Å²) in [5, 5.41) is 9.67. The molecule has 0 fully saturated rings. The van der Waals surface area contributed by atoms with Crippen molar-refractivity contribution in [1.29, 1.82) is 0 Å². The largest absolute Gasteiger partial charge is 0.361 e. The highest BCUT2D eigenvalue weighted by Gasteiger charge is 2.20. The van der Waals surface area contributed by atoms with E-state index in [1.54, 1.807) is 11.3 Å². The van der Waals surface area contributed by atoms with Crippen molar-refractivity contribution in [2.75, 3.05) is 0 Å². The molecule has 1 N–H and O–H groups in total. The number of aromatic nitrogens is 3. The smallest absolute Gasteiger partial charge is 0.138 e. The van der Waals surface area contributed by atoms with Gasteiger partial charge in [0.25, 0.3) is 0 Å². The molecule has 21 heavy (non-hydrogen) atoms. The molecule has 0 spiro atoms. The second-order valence-electron chi connectivity index (χ2n) is 5.03. The van der Waals surface area contributed by atoms with Crippen LogP contribution < -0.4 is 5.32 Å². The normalized spacial score (nSPS) is 12.7. The van der Waals surface area contributed by atoms with Gasteiger partial charge in [-0.2, -0.15) is 0 Å². The summed E-state index contributed by atoms with van der Waals surface area (Å²) in [6.45, 7) is 4.61. The van der Waals surface area contributed by atoms with E-state index in [4.69, 9.17) is 4.52 Å². The summed E-state index contributed by atoms with van der Waals surface area (Å²) >= 11 is 1.73. The molecule has 3 aromatic heterocycles. The summed E-state index contributed by atoms with van der Waals surface area (Å²) < 4.78 is 7.27. The van der Waals surface area contributed by atoms with Gasteiger partial charge in [-0.05, 0) is 25.3 Å². The van der Waals surface area contributed by atoms with Crippen molar-refractivity contribution >= 4 is 11.3 Å². The SMILES string of the molecule is Cc1noc(C)c1CNC(c1cccs1)c1nccn1C. The Labute approximate surface area is 127 Å². The quantitative estimate of drug-likeness (QED) is 0.787. The van der Waals surface area contributed by atoms with Gasteiger partial charge in [-0.15, -0.1) is 11.3 Å². The van der Waals surface area contributed by atoms with Crippen LogP contribution in [0.5, 0.6) is 0 Å². The van der Waals surface area contributed by atoms with Crippen LogP contribution in [0.1, 0.15) is 33.8 Å². The molecule has 0 radical (unpaired) electrons. The summed E-state index contributed by atoms with van der Waals surface area (Å²) in [6, 6.07) is 4.26. The second-order valence-corrected chi connectivity index (χ2v) is 6.01. The van der Waals surface area contributed by atoms with Crippen LogP contribution >= 0.6 is 11.3 Å². The Hall–Kier alpha value is -1.92. The summed E-state index contributed by atoms with van der Waals surface area (Å²) in [5.41, 5.74) is 2.05. The average Bonchev–Trinajstić information content (AvgIpc) is 3.18. The molecule has 0 aliphatic carbocycles. The Balaban J connectivity index is 1.86. The number of rotatable bonds is 5. The first-order chi connectivity index (χ1) is 10.2. The van der Waals surface area contributed by atoms with Gasteiger partial charge >= 0.3 is 0 Å². The maximum Gasteiger partial charge on any atom is 0.138 e. The third-order valence-electron chi connectivity index (χ3n) is 3.61. The number of hydrogen-bond acceptors (Lipinski definition) is 5. The van der Waals surface area contributed by atoms with Gasteiger partial charge in [0.15, 0.2) is 0 Å². The van der Waals surface area contributed by atoms with Crippen LogP contribution in [0.4, 0.5) is 0 Å². The van der Waals surface area contributed by atoms with Crippen molar-refractivity contribution in [2.45, 2.75) is 26.4 Å². The number of nitrogens with one attached hydrogen (secondary N) is 1. The molecule has 6 heteroatoms. The molecule has 1 atom stereocenters. The molecule has 0 amide bonds. The fraction of sp³-hybridized carbons (Fsp3) is 0.333. The minimum Gasteiger partial charge on any atom is -0.361 e. The van der Waals surface area contributed by atoms with Gasteiger partial charge < -0.3 is 9.09 Å². The van der Waals surface area contributed by atoms with Crippen LogP contribution in [0.25, 0.3) is 0 Å². The van der Waals surface area contributed by atoms with Crippen molar-refractivity contribution in [3.8, 4) is 0 Å². The molecule has 3 rings (SSSR count). The van der Waals surface area contributed by atoms with Crippen LogP contribution in [0.3, 0.4) is 0 Å². The molecule has 0 bridgehead atoms. The predicted octanol–water partition coefficient (Wildman–Crippen LogP) is 2.97. The zero-order valence-corrected chi connectivity index (χ0v) is 13.1. The van der Waals surface area contributed by atoms with E-state index in [9.17, 15) is 0 Å². The fourth-order valence-electron chi connectivity index (χ4n) is 2.39. The number of hydrogen-bond donors (Lipinski definition) is 1. The summed E-state index contributed by atoms with van der Waals surface area (Å²) in [5.74, 6) is 1.87. The lowest BCUT2D eigenvalue weighted by Gasteiger charge is -2.17. The molecule has 0 aliphatic rings. The maximum absolute atomic E-state index is 5.22. The van der Waals surface area contributed by atoms with Crippen molar-refractivity contribution in [3.05, 3.63) is 57.6 Å². The zero-order valence-electron chi connectivity index (χ0n) is 12.3. The molecule has 0 aromatic carbocycles. The van der Waals surface area contributed by atoms with E-state index < -0.39 is 0 Å². The van der Waals surface area contributed by atoms with E-state index >= 15 is 0 Å². The molecule has 0 aliphatic heterocycles. The predicted molar refractivity (Wildman–Crippen MR) is 82.2 cm³/mol. The molecule has 0 saturated carbocycles. The molecule has 1 unspecified atom stereocenters. The highest BCUT2D eigenvalue weighted by molar-refractivity contribution is 7.10. The van der Waals surface area contributed by atoms with E-state index in [-0.39, 0.29) is 6.04 Å². The topological polar surface area (TPSA) is 55.9 Å². The van der Waals surface area contributed by atoms with Crippen molar-refractivity contribution in [2.24, 2.45) is 7.05 Å². The Bertz CT molecular complexity index is 694. The molecule has 0 saturated heterocycles. The van der Waals surface area contributed by atoms with Gasteiger partial charge in [-0.25, -0.2) is 4.98 Å². The van der Waals surface area contributed by atoms with E-state index in [1.165, 1.54) is 4.88 Å². The lowest BCUT2D eigenvalue weighted by molar-refractivity contribution is 0.391. The fourth-order valence-corrected chi connectivity index (χ4v) is 3.18. The van der Waals surface area contributed by atoms with Crippen LogP contribution in [-0.4, -0.2) is 14.7 Å². The van der Waals surface area contributed by atoms with Crippen LogP contribution in [0, 0.1) is 13.8 Å². The minimum atomic E-state index is 0.0682. The van der Waals surface area contributed by atoms with Gasteiger partial charge in [0.2, 0.25) is 0 Å². The highest BCUT2D eigenvalue weighted by atomic mass is 32.1. The zero-order chi connectivity index (χ0) is 14.8.